The normalized spacial score (nSPS) is 12.5. The van der Waals surface area contributed by atoms with Crippen LogP contribution >= 0.6 is 0 Å². The molecule has 0 spiro atoms. The molecule has 1 rings (SSSR count). The molecule has 1 aromatic heterocycles. The van der Waals surface area contributed by atoms with E-state index in [4.69, 9.17) is 15.2 Å². The maximum atomic E-state index is 5.66. The molecule has 1 unspecified atom stereocenters. The number of ether oxygens (including phenoxy) is 2. The minimum absolute atomic E-state index is 0.00735. The van der Waals surface area contributed by atoms with Crippen LogP contribution in [0.4, 0.5) is 5.82 Å². The number of hydrogen-bond donors (Lipinski definition) is 2. The second-order valence-corrected chi connectivity index (χ2v) is 3.86. The Balaban J connectivity index is 2.63. The zero-order valence-corrected chi connectivity index (χ0v) is 10.7. The van der Waals surface area contributed by atoms with E-state index in [9.17, 15) is 0 Å². The Morgan fingerprint density at radius 1 is 1.41 bits per heavy atom. The van der Waals surface area contributed by atoms with E-state index in [-0.39, 0.29) is 6.10 Å². The van der Waals surface area contributed by atoms with Crippen LogP contribution < -0.4 is 11.1 Å². The lowest BCUT2D eigenvalue weighted by atomic mass is 10.2. The fraction of sp³-hybridized carbons (Fsp3) is 0.583. The van der Waals surface area contributed by atoms with Gasteiger partial charge in [-0.2, -0.15) is 0 Å². The lowest BCUT2D eigenvalue weighted by Crippen LogP contribution is -2.27. The van der Waals surface area contributed by atoms with Crippen LogP contribution in [0.15, 0.2) is 12.1 Å². The quantitative estimate of drug-likeness (QED) is 0.740. The molecule has 1 heterocycles. The molecular weight excluding hydrogens is 218 g/mol. The maximum Gasteiger partial charge on any atom is 0.130 e. The van der Waals surface area contributed by atoms with Gasteiger partial charge < -0.3 is 20.5 Å². The van der Waals surface area contributed by atoms with E-state index in [0.29, 0.717) is 19.7 Å². The van der Waals surface area contributed by atoms with Crippen molar-refractivity contribution in [1.29, 1.82) is 0 Å². The topological polar surface area (TPSA) is 69.4 Å². The summed E-state index contributed by atoms with van der Waals surface area (Å²) >= 11 is 0. The van der Waals surface area contributed by atoms with Gasteiger partial charge in [-0.05, 0) is 13.0 Å². The average Bonchev–Trinajstić information content (AvgIpc) is 2.34. The third-order valence-electron chi connectivity index (χ3n) is 2.52. The van der Waals surface area contributed by atoms with Gasteiger partial charge in [0.2, 0.25) is 0 Å². The number of aromatic nitrogens is 1. The van der Waals surface area contributed by atoms with Crippen molar-refractivity contribution in [3.8, 4) is 0 Å². The van der Waals surface area contributed by atoms with E-state index < -0.39 is 0 Å². The molecule has 0 aliphatic heterocycles. The van der Waals surface area contributed by atoms with Crippen molar-refractivity contribution < 1.29 is 9.47 Å². The smallest absolute Gasteiger partial charge is 0.130 e. The molecule has 0 aliphatic rings. The fourth-order valence-electron chi connectivity index (χ4n) is 1.51. The molecule has 0 amide bonds. The van der Waals surface area contributed by atoms with Gasteiger partial charge >= 0.3 is 0 Å². The summed E-state index contributed by atoms with van der Waals surface area (Å²) in [6.45, 7) is 3.62. The second kappa shape index (κ2) is 7.21. The van der Waals surface area contributed by atoms with E-state index in [2.05, 4.69) is 10.3 Å². The van der Waals surface area contributed by atoms with Crippen molar-refractivity contribution >= 4 is 5.82 Å². The molecule has 1 atom stereocenters. The Bertz CT molecular complexity index is 345. The number of pyridine rings is 1. The van der Waals surface area contributed by atoms with Crippen molar-refractivity contribution in [2.75, 3.05) is 32.7 Å². The van der Waals surface area contributed by atoms with Crippen LogP contribution in [0.2, 0.25) is 0 Å². The number of hydrogen-bond acceptors (Lipinski definition) is 5. The third kappa shape index (κ3) is 4.30. The van der Waals surface area contributed by atoms with Gasteiger partial charge in [-0.1, -0.05) is 6.07 Å². The van der Waals surface area contributed by atoms with Crippen LogP contribution in [-0.2, 0) is 16.0 Å². The number of anilines is 1. The Hall–Kier alpha value is -1.17. The Kier molecular flexibility index (Phi) is 5.90. The van der Waals surface area contributed by atoms with E-state index in [0.717, 1.165) is 17.1 Å². The van der Waals surface area contributed by atoms with E-state index >= 15 is 0 Å². The molecule has 0 radical (unpaired) electrons. The molecule has 17 heavy (non-hydrogen) atoms. The number of nitrogens with zero attached hydrogens (tertiary/aromatic N) is 1. The number of rotatable bonds is 7. The molecule has 1 aromatic rings. The average molecular weight is 239 g/mol. The van der Waals surface area contributed by atoms with Gasteiger partial charge in [-0.3, -0.25) is 0 Å². The first kappa shape index (κ1) is 13.9. The highest BCUT2D eigenvalue weighted by atomic mass is 16.5. The molecule has 0 aliphatic carbocycles. The SMILES string of the molecule is COCC(CNc1nc(C)ccc1CN)OC. The Morgan fingerprint density at radius 3 is 2.76 bits per heavy atom. The Labute approximate surface area is 102 Å². The van der Waals surface area contributed by atoms with Gasteiger partial charge in [0.1, 0.15) is 5.82 Å². The number of aryl methyl sites for hydroxylation is 1. The summed E-state index contributed by atoms with van der Waals surface area (Å²) < 4.78 is 10.3. The molecular formula is C12H21N3O2. The largest absolute Gasteiger partial charge is 0.382 e. The molecule has 96 valence electrons. The van der Waals surface area contributed by atoms with E-state index in [1.807, 2.05) is 19.1 Å². The lowest BCUT2D eigenvalue weighted by molar-refractivity contribution is 0.0365. The highest BCUT2D eigenvalue weighted by molar-refractivity contribution is 5.44. The van der Waals surface area contributed by atoms with Crippen molar-refractivity contribution in [3.05, 3.63) is 23.4 Å². The van der Waals surface area contributed by atoms with Gasteiger partial charge in [0.15, 0.2) is 0 Å². The van der Waals surface area contributed by atoms with Gasteiger partial charge in [-0.15, -0.1) is 0 Å². The van der Waals surface area contributed by atoms with Crippen molar-refractivity contribution in [1.82, 2.24) is 4.98 Å². The molecule has 0 saturated heterocycles. The zero-order chi connectivity index (χ0) is 12.7. The zero-order valence-electron chi connectivity index (χ0n) is 10.7. The predicted molar refractivity (Wildman–Crippen MR) is 68.0 cm³/mol. The second-order valence-electron chi connectivity index (χ2n) is 3.86. The standard InChI is InChI=1S/C12H21N3O2/c1-9-4-5-10(6-13)12(15-9)14-7-11(17-3)8-16-2/h4-5,11H,6-8,13H2,1-3H3,(H,14,15). The van der Waals surface area contributed by atoms with Gasteiger partial charge in [0.25, 0.3) is 0 Å². The number of nitrogens with one attached hydrogen (secondary N) is 1. The summed E-state index contributed by atoms with van der Waals surface area (Å²) in [5.74, 6) is 0.825. The summed E-state index contributed by atoms with van der Waals surface area (Å²) in [6, 6.07) is 3.94. The highest BCUT2D eigenvalue weighted by Crippen LogP contribution is 2.12. The molecule has 5 nitrogen and oxygen atoms in total. The van der Waals surface area contributed by atoms with Crippen LogP contribution in [0.25, 0.3) is 0 Å². The number of methoxy groups -OCH3 is 2. The van der Waals surface area contributed by atoms with E-state index in [1.165, 1.54) is 0 Å². The van der Waals surface area contributed by atoms with Crippen LogP contribution in [-0.4, -0.2) is 38.5 Å². The van der Waals surface area contributed by atoms with Crippen molar-refractivity contribution in [3.63, 3.8) is 0 Å². The third-order valence-corrected chi connectivity index (χ3v) is 2.52. The van der Waals surface area contributed by atoms with Crippen LogP contribution in [0.5, 0.6) is 0 Å². The Morgan fingerprint density at radius 2 is 2.18 bits per heavy atom. The van der Waals surface area contributed by atoms with E-state index in [1.54, 1.807) is 14.2 Å². The molecule has 0 aromatic carbocycles. The summed E-state index contributed by atoms with van der Waals surface area (Å²) in [7, 11) is 3.32. The molecule has 0 bridgehead atoms. The van der Waals surface area contributed by atoms with Crippen LogP contribution in [0.1, 0.15) is 11.3 Å². The highest BCUT2D eigenvalue weighted by Gasteiger charge is 2.08. The minimum atomic E-state index is 0.00735. The van der Waals surface area contributed by atoms with Gasteiger partial charge in [-0.25, -0.2) is 4.98 Å². The lowest BCUT2D eigenvalue weighted by Gasteiger charge is -2.17. The van der Waals surface area contributed by atoms with Gasteiger partial charge in [0.05, 0.1) is 12.7 Å². The van der Waals surface area contributed by atoms with Crippen molar-refractivity contribution in [2.45, 2.75) is 19.6 Å². The summed E-state index contributed by atoms with van der Waals surface area (Å²) in [5.41, 5.74) is 7.63. The summed E-state index contributed by atoms with van der Waals surface area (Å²) in [5, 5.41) is 3.24. The fourth-order valence-corrected chi connectivity index (χ4v) is 1.51. The summed E-state index contributed by atoms with van der Waals surface area (Å²) in [4.78, 5) is 4.42. The molecule has 0 fully saturated rings. The monoisotopic (exact) mass is 239 g/mol. The minimum Gasteiger partial charge on any atom is -0.382 e. The molecule has 0 saturated carbocycles. The first-order valence-electron chi connectivity index (χ1n) is 5.63. The predicted octanol–water partition coefficient (Wildman–Crippen LogP) is 0.922. The van der Waals surface area contributed by atoms with Gasteiger partial charge in [0, 0.05) is 38.6 Å². The van der Waals surface area contributed by atoms with Crippen molar-refractivity contribution in [2.24, 2.45) is 5.73 Å². The first-order valence-corrected chi connectivity index (χ1v) is 5.63. The van der Waals surface area contributed by atoms with Crippen LogP contribution in [0.3, 0.4) is 0 Å². The molecule has 5 heteroatoms. The number of nitrogens with two attached hydrogens (primary N) is 1. The summed E-state index contributed by atoms with van der Waals surface area (Å²) in [6.07, 6.45) is 0.00735. The molecule has 3 N–H and O–H groups in total. The van der Waals surface area contributed by atoms with Crippen LogP contribution in [0, 0.1) is 6.92 Å². The maximum absolute atomic E-state index is 5.66. The first-order chi connectivity index (χ1) is 8.21.